The predicted molar refractivity (Wildman–Crippen MR) is 96.6 cm³/mol. The van der Waals surface area contributed by atoms with Gasteiger partial charge in [0.05, 0.1) is 12.1 Å². The smallest absolute Gasteiger partial charge is 0.131 e. The Morgan fingerprint density at radius 2 is 1.83 bits per heavy atom. The summed E-state index contributed by atoms with van der Waals surface area (Å²) in [6.45, 7) is 5.02. The van der Waals surface area contributed by atoms with E-state index in [0.29, 0.717) is 0 Å². The summed E-state index contributed by atoms with van der Waals surface area (Å²) in [5.74, 6) is 1.76. The Morgan fingerprint density at radius 1 is 1.00 bits per heavy atom. The van der Waals surface area contributed by atoms with Gasteiger partial charge in [-0.3, -0.25) is 0 Å². The third-order valence-electron chi connectivity index (χ3n) is 3.82. The van der Waals surface area contributed by atoms with E-state index in [0.717, 1.165) is 47.6 Å². The Morgan fingerprint density at radius 3 is 2.61 bits per heavy atom. The fourth-order valence-electron chi connectivity index (χ4n) is 2.48. The van der Waals surface area contributed by atoms with Crippen molar-refractivity contribution in [2.24, 2.45) is 0 Å². The number of nitrogens with one attached hydrogen (secondary N) is 1. The SMILES string of the molecule is CCCCOc1ccc(Nc2ccc3cccc(C)c3n2)cc1. The number of para-hydroxylation sites is 1. The van der Waals surface area contributed by atoms with E-state index >= 15 is 0 Å². The summed E-state index contributed by atoms with van der Waals surface area (Å²) in [4.78, 5) is 4.71. The van der Waals surface area contributed by atoms with E-state index in [-0.39, 0.29) is 0 Å². The number of pyridine rings is 1. The summed E-state index contributed by atoms with van der Waals surface area (Å²) in [7, 11) is 0. The zero-order valence-electron chi connectivity index (χ0n) is 13.7. The first-order valence-electron chi connectivity index (χ1n) is 8.12. The molecule has 3 aromatic rings. The maximum Gasteiger partial charge on any atom is 0.131 e. The maximum absolute atomic E-state index is 5.68. The number of benzene rings is 2. The molecule has 0 aliphatic heterocycles. The quantitative estimate of drug-likeness (QED) is 0.613. The van der Waals surface area contributed by atoms with E-state index in [1.807, 2.05) is 30.3 Å². The lowest BCUT2D eigenvalue weighted by molar-refractivity contribution is 0.309. The van der Waals surface area contributed by atoms with Crippen molar-refractivity contribution < 1.29 is 4.74 Å². The zero-order valence-corrected chi connectivity index (χ0v) is 13.7. The maximum atomic E-state index is 5.68. The number of fused-ring (bicyclic) bond motifs is 1. The highest BCUT2D eigenvalue weighted by Gasteiger charge is 2.02. The molecule has 118 valence electrons. The summed E-state index contributed by atoms with van der Waals surface area (Å²) in [5.41, 5.74) is 3.23. The normalized spacial score (nSPS) is 10.7. The highest BCUT2D eigenvalue weighted by molar-refractivity contribution is 5.83. The lowest BCUT2D eigenvalue weighted by Gasteiger charge is -2.09. The van der Waals surface area contributed by atoms with E-state index in [2.05, 4.69) is 43.4 Å². The van der Waals surface area contributed by atoms with Gasteiger partial charge in [-0.2, -0.15) is 0 Å². The van der Waals surface area contributed by atoms with Crippen LogP contribution in [0.1, 0.15) is 25.3 Å². The first-order valence-corrected chi connectivity index (χ1v) is 8.12. The fraction of sp³-hybridized carbons (Fsp3) is 0.250. The highest BCUT2D eigenvalue weighted by atomic mass is 16.5. The van der Waals surface area contributed by atoms with E-state index in [1.165, 1.54) is 5.56 Å². The number of hydrogen-bond donors (Lipinski definition) is 1. The van der Waals surface area contributed by atoms with Gasteiger partial charge in [0.25, 0.3) is 0 Å². The van der Waals surface area contributed by atoms with Gasteiger partial charge in [0.1, 0.15) is 11.6 Å². The van der Waals surface area contributed by atoms with Crippen LogP contribution in [0.4, 0.5) is 11.5 Å². The molecule has 0 saturated heterocycles. The van der Waals surface area contributed by atoms with Crippen LogP contribution in [0.2, 0.25) is 0 Å². The Kier molecular flexibility index (Phi) is 4.77. The number of nitrogens with zero attached hydrogens (tertiary/aromatic N) is 1. The summed E-state index contributed by atoms with van der Waals surface area (Å²) >= 11 is 0. The van der Waals surface area contributed by atoms with Crippen molar-refractivity contribution in [3.8, 4) is 5.75 Å². The first-order chi connectivity index (χ1) is 11.3. The van der Waals surface area contributed by atoms with Crippen molar-refractivity contribution >= 4 is 22.4 Å². The molecule has 2 aromatic carbocycles. The molecule has 0 aliphatic rings. The van der Waals surface area contributed by atoms with Gasteiger partial charge < -0.3 is 10.1 Å². The third-order valence-corrected chi connectivity index (χ3v) is 3.82. The number of aryl methyl sites for hydroxylation is 1. The number of aromatic nitrogens is 1. The zero-order chi connectivity index (χ0) is 16.1. The van der Waals surface area contributed by atoms with Crippen LogP contribution >= 0.6 is 0 Å². The molecule has 0 bridgehead atoms. The summed E-state index contributed by atoms with van der Waals surface area (Å²) in [5, 5.41) is 4.51. The van der Waals surface area contributed by atoms with Crippen LogP contribution < -0.4 is 10.1 Å². The Labute approximate surface area is 137 Å². The summed E-state index contributed by atoms with van der Waals surface area (Å²) in [6.07, 6.45) is 2.23. The first kappa shape index (κ1) is 15.3. The second-order valence-corrected chi connectivity index (χ2v) is 5.69. The monoisotopic (exact) mass is 306 g/mol. The Hall–Kier alpha value is -2.55. The van der Waals surface area contributed by atoms with Gasteiger partial charge in [0, 0.05) is 11.1 Å². The van der Waals surface area contributed by atoms with Crippen molar-refractivity contribution in [2.45, 2.75) is 26.7 Å². The van der Waals surface area contributed by atoms with E-state index in [4.69, 9.17) is 9.72 Å². The van der Waals surface area contributed by atoms with Gasteiger partial charge in [-0.05, 0) is 55.3 Å². The molecular weight excluding hydrogens is 284 g/mol. The van der Waals surface area contributed by atoms with Gasteiger partial charge >= 0.3 is 0 Å². The number of anilines is 2. The Balaban J connectivity index is 1.73. The van der Waals surface area contributed by atoms with Gasteiger partial charge in [0.15, 0.2) is 0 Å². The van der Waals surface area contributed by atoms with Gasteiger partial charge in [-0.1, -0.05) is 31.5 Å². The molecule has 0 atom stereocenters. The van der Waals surface area contributed by atoms with E-state index in [1.54, 1.807) is 0 Å². The highest BCUT2D eigenvalue weighted by Crippen LogP contribution is 2.22. The molecule has 0 amide bonds. The van der Waals surface area contributed by atoms with Gasteiger partial charge in [-0.25, -0.2) is 4.98 Å². The van der Waals surface area contributed by atoms with Crippen molar-refractivity contribution in [3.05, 3.63) is 60.2 Å². The largest absolute Gasteiger partial charge is 0.494 e. The van der Waals surface area contributed by atoms with Crippen molar-refractivity contribution in [1.29, 1.82) is 0 Å². The number of unbranched alkanes of at least 4 members (excludes halogenated alkanes) is 1. The molecule has 3 heteroatoms. The van der Waals surface area contributed by atoms with Gasteiger partial charge in [0.2, 0.25) is 0 Å². The molecule has 3 nitrogen and oxygen atoms in total. The lowest BCUT2D eigenvalue weighted by Crippen LogP contribution is -1.97. The topological polar surface area (TPSA) is 34.1 Å². The number of ether oxygens (including phenoxy) is 1. The average Bonchev–Trinajstić information content (AvgIpc) is 2.57. The van der Waals surface area contributed by atoms with Crippen LogP contribution in [0, 0.1) is 6.92 Å². The molecule has 23 heavy (non-hydrogen) atoms. The minimum atomic E-state index is 0.773. The summed E-state index contributed by atoms with van der Waals surface area (Å²) in [6, 6.07) is 18.4. The van der Waals surface area contributed by atoms with Crippen LogP contribution in [-0.2, 0) is 0 Å². The number of rotatable bonds is 6. The minimum Gasteiger partial charge on any atom is -0.494 e. The lowest BCUT2D eigenvalue weighted by atomic mass is 10.1. The molecule has 3 rings (SSSR count). The molecule has 1 aromatic heterocycles. The van der Waals surface area contributed by atoms with Gasteiger partial charge in [-0.15, -0.1) is 0 Å². The van der Waals surface area contributed by atoms with Crippen LogP contribution in [0.3, 0.4) is 0 Å². The average molecular weight is 306 g/mol. The third kappa shape index (κ3) is 3.81. The molecule has 1 N–H and O–H groups in total. The van der Waals surface area contributed by atoms with E-state index < -0.39 is 0 Å². The molecular formula is C20H22N2O. The van der Waals surface area contributed by atoms with Crippen LogP contribution in [-0.4, -0.2) is 11.6 Å². The van der Waals surface area contributed by atoms with Crippen LogP contribution in [0.5, 0.6) is 5.75 Å². The second-order valence-electron chi connectivity index (χ2n) is 5.69. The minimum absolute atomic E-state index is 0.773. The molecule has 0 spiro atoms. The van der Waals surface area contributed by atoms with Crippen LogP contribution in [0.15, 0.2) is 54.6 Å². The van der Waals surface area contributed by atoms with Crippen molar-refractivity contribution in [1.82, 2.24) is 4.98 Å². The Bertz CT molecular complexity index is 781. The fourth-order valence-corrected chi connectivity index (χ4v) is 2.48. The van der Waals surface area contributed by atoms with Crippen molar-refractivity contribution in [2.75, 3.05) is 11.9 Å². The molecule has 0 saturated carbocycles. The molecule has 0 radical (unpaired) electrons. The number of hydrogen-bond acceptors (Lipinski definition) is 3. The predicted octanol–water partition coefficient (Wildman–Crippen LogP) is 5.47. The molecule has 0 unspecified atom stereocenters. The van der Waals surface area contributed by atoms with Crippen LogP contribution in [0.25, 0.3) is 10.9 Å². The summed E-state index contributed by atoms with van der Waals surface area (Å²) < 4.78 is 5.68. The van der Waals surface area contributed by atoms with Crippen molar-refractivity contribution in [3.63, 3.8) is 0 Å². The molecule has 1 heterocycles. The second kappa shape index (κ2) is 7.14. The standard InChI is InChI=1S/C20H22N2O/c1-3-4-14-23-18-11-9-17(10-12-18)21-19-13-8-16-7-5-6-15(2)20(16)22-19/h5-13H,3-4,14H2,1-2H3,(H,21,22). The molecule has 0 fully saturated rings. The molecule has 0 aliphatic carbocycles. The van der Waals surface area contributed by atoms with E-state index in [9.17, 15) is 0 Å².